The third-order valence-corrected chi connectivity index (χ3v) is 5.41. The molecule has 134 valence electrons. The van der Waals surface area contributed by atoms with Gasteiger partial charge in [0, 0.05) is 10.9 Å². The van der Waals surface area contributed by atoms with Crippen LogP contribution in [0.2, 0.25) is 0 Å². The van der Waals surface area contributed by atoms with Gasteiger partial charge in [-0.15, -0.1) is 11.3 Å². The molecule has 0 radical (unpaired) electrons. The monoisotopic (exact) mass is 362 g/mol. The number of hydrogen-bond acceptors (Lipinski definition) is 5. The summed E-state index contributed by atoms with van der Waals surface area (Å²) in [5.41, 5.74) is -0.470. The number of aliphatic hydroxyl groups is 1. The van der Waals surface area contributed by atoms with Gasteiger partial charge >= 0.3 is 6.03 Å². The van der Waals surface area contributed by atoms with Crippen LogP contribution in [0.5, 0.6) is 11.5 Å². The lowest BCUT2D eigenvalue weighted by Crippen LogP contribution is -2.43. The Kier molecular flexibility index (Phi) is 5.15. The lowest BCUT2D eigenvalue weighted by Gasteiger charge is -2.27. The molecule has 1 fully saturated rings. The maximum absolute atomic E-state index is 12.3. The summed E-state index contributed by atoms with van der Waals surface area (Å²) in [6.07, 6.45) is 1.95. The molecule has 1 aromatic heterocycles. The molecule has 0 spiro atoms. The fourth-order valence-electron chi connectivity index (χ4n) is 2.80. The van der Waals surface area contributed by atoms with Crippen molar-refractivity contribution in [2.75, 3.05) is 26.1 Å². The smallest absolute Gasteiger partial charge is 0.319 e. The van der Waals surface area contributed by atoms with Crippen LogP contribution in [0.3, 0.4) is 0 Å². The molecule has 1 heterocycles. The van der Waals surface area contributed by atoms with E-state index in [1.54, 1.807) is 25.3 Å². The fraction of sp³-hybridized carbons (Fsp3) is 0.389. The van der Waals surface area contributed by atoms with Crippen LogP contribution in [-0.2, 0) is 5.60 Å². The van der Waals surface area contributed by atoms with Gasteiger partial charge in [0.25, 0.3) is 0 Å². The molecule has 3 rings (SSSR count). The second kappa shape index (κ2) is 7.33. The van der Waals surface area contributed by atoms with E-state index in [0.717, 1.165) is 17.7 Å². The molecular formula is C18H22N2O4S. The number of amides is 2. The number of benzene rings is 1. The summed E-state index contributed by atoms with van der Waals surface area (Å²) in [5, 5.41) is 18.5. The van der Waals surface area contributed by atoms with Crippen molar-refractivity contribution >= 4 is 23.1 Å². The summed E-state index contributed by atoms with van der Waals surface area (Å²) >= 11 is 1.51. The topological polar surface area (TPSA) is 79.8 Å². The number of hydrogen-bond donors (Lipinski definition) is 3. The molecule has 1 aromatic carbocycles. The molecule has 1 atom stereocenters. The lowest BCUT2D eigenvalue weighted by atomic mass is 9.96. The second-order valence-electron chi connectivity index (χ2n) is 6.05. The van der Waals surface area contributed by atoms with Crippen molar-refractivity contribution in [3.8, 4) is 11.5 Å². The van der Waals surface area contributed by atoms with E-state index in [1.807, 2.05) is 17.5 Å². The lowest BCUT2D eigenvalue weighted by molar-refractivity contribution is 0.0200. The molecule has 7 heteroatoms. The highest BCUT2D eigenvalue weighted by Crippen LogP contribution is 2.46. The summed E-state index contributed by atoms with van der Waals surface area (Å²) in [7, 11) is 3.10. The van der Waals surface area contributed by atoms with E-state index in [9.17, 15) is 9.90 Å². The van der Waals surface area contributed by atoms with Crippen LogP contribution in [0.4, 0.5) is 10.5 Å². The number of urea groups is 1. The van der Waals surface area contributed by atoms with Gasteiger partial charge in [-0.25, -0.2) is 4.79 Å². The van der Waals surface area contributed by atoms with E-state index in [2.05, 4.69) is 10.6 Å². The predicted octanol–water partition coefficient (Wildman–Crippen LogP) is 3.18. The first-order valence-corrected chi connectivity index (χ1v) is 8.98. The predicted molar refractivity (Wildman–Crippen MR) is 97.5 cm³/mol. The molecule has 2 aromatic rings. The molecule has 1 unspecified atom stereocenters. The number of carbonyl (C=O) groups is 1. The molecule has 1 saturated carbocycles. The van der Waals surface area contributed by atoms with Crippen molar-refractivity contribution in [1.29, 1.82) is 0 Å². The number of ether oxygens (including phenoxy) is 2. The molecule has 0 saturated heterocycles. The molecular weight excluding hydrogens is 340 g/mol. The third kappa shape index (κ3) is 3.88. The number of rotatable bonds is 7. The average molecular weight is 362 g/mol. The molecule has 1 aliphatic rings. The van der Waals surface area contributed by atoms with Gasteiger partial charge in [0.1, 0.15) is 17.1 Å². The van der Waals surface area contributed by atoms with Crippen LogP contribution in [0, 0.1) is 5.92 Å². The summed E-state index contributed by atoms with van der Waals surface area (Å²) in [6, 6.07) is 8.58. The zero-order chi connectivity index (χ0) is 17.9. The van der Waals surface area contributed by atoms with E-state index in [1.165, 1.54) is 18.4 Å². The fourth-order valence-corrected chi connectivity index (χ4v) is 3.71. The Hall–Kier alpha value is -2.25. The molecule has 1 aliphatic carbocycles. The number of carbonyl (C=O) groups excluding carboxylic acids is 1. The highest BCUT2D eigenvalue weighted by Gasteiger charge is 2.46. The quantitative estimate of drug-likeness (QED) is 0.707. The first-order valence-electron chi connectivity index (χ1n) is 8.10. The number of nitrogens with one attached hydrogen (secondary N) is 2. The minimum Gasteiger partial charge on any atom is -0.497 e. The molecule has 0 bridgehead atoms. The van der Waals surface area contributed by atoms with Crippen LogP contribution < -0.4 is 20.1 Å². The highest BCUT2D eigenvalue weighted by atomic mass is 32.1. The van der Waals surface area contributed by atoms with E-state index in [4.69, 9.17) is 9.47 Å². The Morgan fingerprint density at radius 1 is 1.32 bits per heavy atom. The Morgan fingerprint density at radius 2 is 2.12 bits per heavy atom. The van der Waals surface area contributed by atoms with Crippen molar-refractivity contribution in [3.05, 3.63) is 40.6 Å². The third-order valence-electron chi connectivity index (χ3n) is 4.38. The number of thiophene rings is 1. The summed E-state index contributed by atoms with van der Waals surface area (Å²) < 4.78 is 10.4. The average Bonchev–Trinajstić information content (AvgIpc) is 3.34. The zero-order valence-corrected chi connectivity index (χ0v) is 15.1. The van der Waals surface area contributed by atoms with Crippen LogP contribution >= 0.6 is 11.3 Å². The molecule has 25 heavy (non-hydrogen) atoms. The van der Waals surface area contributed by atoms with E-state index in [-0.39, 0.29) is 18.5 Å². The standard InChI is InChI=1S/C18H22N2O4S/c1-23-13-7-8-14(15(10-13)24-2)20-17(21)19-11-18(22,12-5-6-12)16-4-3-9-25-16/h3-4,7-10,12,22H,5-6,11H2,1-2H3,(H2,19,20,21). The van der Waals surface area contributed by atoms with Crippen LogP contribution in [0.1, 0.15) is 17.7 Å². The normalized spacial score (nSPS) is 16.0. The molecule has 6 nitrogen and oxygen atoms in total. The van der Waals surface area contributed by atoms with Gasteiger partial charge in [-0.05, 0) is 42.3 Å². The Balaban J connectivity index is 1.65. The Bertz CT molecular complexity index is 731. The Morgan fingerprint density at radius 3 is 2.72 bits per heavy atom. The highest BCUT2D eigenvalue weighted by molar-refractivity contribution is 7.10. The van der Waals surface area contributed by atoms with Crippen molar-refractivity contribution in [2.45, 2.75) is 18.4 Å². The van der Waals surface area contributed by atoms with Crippen molar-refractivity contribution in [3.63, 3.8) is 0 Å². The first kappa shape index (κ1) is 17.6. The number of anilines is 1. The molecule has 2 amide bonds. The summed E-state index contributed by atoms with van der Waals surface area (Å²) in [6.45, 7) is 0.169. The first-order chi connectivity index (χ1) is 12.1. The van der Waals surface area contributed by atoms with Gasteiger partial charge < -0.3 is 25.2 Å². The minimum absolute atomic E-state index is 0.169. The van der Waals surface area contributed by atoms with Gasteiger partial charge in [0.2, 0.25) is 0 Å². The maximum atomic E-state index is 12.3. The van der Waals surface area contributed by atoms with Crippen molar-refractivity contribution < 1.29 is 19.4 Å². The maximum Gasteiger partial charge on any atom is 0.319 e. The van der Waals surface area contributed by atoms with Crippen LogP contribution in [-0.4, -0.2) is 31.9 Å². The van der Waals surface area contributed by atoms with Crippen molar-refractivity contribution in [1.82, 2.24) is 5.32 Å². The molecule has 0 aliphatic heterocycles. The van der Waals surface area contributed by atoms with Crippen molar-refractivity contribution in [2.24, 2.45) is 5.92 Å². The summed E-state index contributed by atoms with van der Waals surface area (Å²) in [5.74, 6) is 1.34. The van der Waals surface area contributed by atoms with Crippen LogP contribution in [0.25, 0.3) is 0 Å². The SMILES string of the molecule is COc1ccc(NC(=O)NCC(O)(c2cccs2)C2CC2)c(OC)c1. The Labute approximate surface area is 150 Å². The van der Waals surface area contributed by atoms with E-state index < -0.39 is 5.60 Å². The van der Waals surface area contributed by atoms with Gasteiger partial charge in [0.15, 0.2) is 0 Å². The summed E-state index contributed by atoms with van der Waals surface area (Å²) in [4.78, 5) is 13.2. The minimum atomic E-state index is -1.00. The van der Waals surface area contributed by atoms with Gasteiger partial charge in [0.05, 0.1) is 26.5 Å². The molecule has 3 N–H and O–H groups in total. The number of methoxy groups -OCH3 is 2. The van der Waals surface area contributed by atoms with Gasteiger partial charge in [-0.3, -0.25) is 0 Å². The van der Waals surface area contributed by atoms with E-state index >= 15 is 0 Å². The van der Waals surface area contributed by atoms with Crippen LogP contribution in [0.15, 0.2) is 35.7 Å². The largest absolute Gasteiger partial charge is 0.497 e. The van der Waals surface area contributed by atoms with E-state index in [0.29, 0.717) is 17.2 Å². The van der Waals surface area contributed by atoms with Gasteiger partial charge in [-0.1, -0.05) is 6.07 Å². The second-order valence-corrected chi connectivity index (χ2v) is 7.00. The van der Waals surface area contributed by atoms with Gasteiger partial charge in [-0.2, -0.15) is 0 Å². The zero-order valence-electron chi connectivity index (χ0n) is 14.2.